The van der Waals surface area contributed by atoms with Gasteiger partial charge in [0.25, 0.3) is 6.29 Å². The molecule has 0 amide bonds. The first-order valence-electron chi connectivity index (χ1n) is 7.61. The Morgan fingerprint density at radius 3 is 2.59 bits per heavy atom. The summed E-state index contributed by atoms with van der Waals surface area (Å²) in [6.45, 7) is 5.04. The number of rotatable bonds is 8. The van der Waals surface area contributed by atoms with Crippen LogP contribution >= 0.6 is 0 Å². The standard InChI is InChI=1S/C16H27NO5/c1-5-20-15(18)16-21-10-13(11-22-16)8-6-7-9-14(17-3)12(2)19-4/h7,9,13,16-17H,5-6,8,10-11H2,1-4H3/b9-7+,14-12-. The van der Waals surface area contributed by atoms with Gasteiger partial charge >= 0.3 is 5.97 Å². The van der Waals surface area contributed by atoms with Crippen molar-refractivity contribution in [2.24, 2.45) is 5.92 Å². The molecule has 6 heteroatoms. The van der Waals surface area contributed by atoms with E-state index in [0.29, 0.717) is 25.7 Å². The number of allylic oxidation sites excluding steroid dienone is 3. The van der Waals surface area contributed by atoms with Crippen molar-refractivity contribution < 1.29 is 23.7 Å². The SMILES string of the molecule is CCOC(=O)C1OCC(CC/C=C/C(NC)=C(\C)OC)CO1. The van der Waals surface area contributed by atoms with E-state index in [9.17, 15) is 4.79 Å². The lowest BCUT2D eigenvalue weighted by atomic mass is 10.0. The monoisotopic (exact) mass is 313 g/mol. The van der Waals surface area contributed by atoms with Gasteiger partial charge in [0.2, 0.25) is 0 Å². The molecule has 0 atom stereocenters. The fourth-order valence-corrected chi connectivity index (χ4v) is 2.08. The maximum atomic E-state index is 11.5. The van der Waals surface area contributed by atoms with E-state index < -0.39 is 12.3 Å². The minimum absolute atomic E-state index is 0.292. The van der Waals surface area contributed by atoms with Crippen LogP contribution in [0, 0.1) is 5.92 Å². The molecule has 0 aromatic rings. The Balaban J connectivity index is 2.29. The van der Waals surface area contributed by atoms with Crippen molar-refractivity contribution in [2.75, 3.05) is 34.0 Å². The van der Waals surface area contributed by atoms with Gasteiger partial charge in [-0.3, -0.25) is 0 Å². The molecule has 126 valence electrons. The molecule has 0 bridgehead atoms. The highest BCUT2D eigenvalue weighted by Crippen LogP contribution is 2.17. The van der Waals surface area contributed by atoms with Crippen molar-refractivity contribution in [3.8, 4) is 0 Å². The molecule has 0 radical (unpaired) electrons. The van der Waals surface area contributed by atoms with Crippen LogP contribution in [0.1, 0.15) is 26.7 Å². The lowest BCUT2D eigenvalue weighted by Crippen LogP contribution is -2.38. The van der Waals surface area contributed by atoms with Crippen LogP contribution in [-0.2, 0) is 23.7 Å². The molecule has 1 heterocycles. The number of esters is 1. The van der Waals surface area contributed by atoms with Gasteiger partial charge in [-0.1, -0.05) is 6.08 Å². The Kier molecular flexibility index (Phi) is 8.62. The number of carbonyl (C=O) groups excluding carboxylic acids is 1. The molecular weight excluding hydrogens is 286 g/mol. The van der Waals surface area contributed by atoms with E-state index in [2.05, 4.69) is 11.4 Å². The van der Waals surface area contributed by atoms with E-state index in [1.165, 1.54) is 0 Å². The molecule has 0 aromatic heterocycles. The predicted molar refractivity (Wildman–Crippen MR) is 83.0 cm³/mol. The van der Waals surface area contributed by atoms with Gasteiger partial charge in [0, 0.05) is 13.0 Å². The van der Waals surface area contributed by atoms with Crippen molar-refractivity contribution >= 4 is 5.97 Å². The molecule has 0 spiro atoms. The van der Waals surface area contributed by atoms with E-state index >= 15 is 0 Å². The number of carbonyl (C=O) groups is 1. The highest BCUT2D eigenvalue weighted by Gasteiger charge is 2.28. The van der Waals surface area contributed by atoms with Gasteiger partial charge in [-0.15, -0.1) is 0 Å². The average molecular weight is 313 g/mol. The molecule has 1 aliphatic rings. The highest BCUT2D eigenvalue weighted by molar-refractivity contribution is 5.73. The van der Waals surface area contributed by atoms with Gasteiger partial charge in [0.15, 0.2) is 0 Å². The Morgan fingerprint density at radius 2 is 2.05 bits per heavy atom. The Morgan fingerprint density at radius 1 is 1.36 bits per heavy atom. The zero-order valence-electron chi connectivity index (χ0n) is 13.9. The van der Waals surface area contributed by atoms with Crippen molar-refractivity contribution in [3.05, 3.63) is 23.6 Å². The van der Waals surface area contributed by atoms with Crippen molar-refractivity contribution in [1.82, 2.24) is 5.32 Å². The molecular formula is C16H27NO5. The quantitative estimate of drug-likeness (QED) is 0.420. The second-order valence-electron chi connectivity index (χ2n) is 5.02. The first kappa shape index (κ1) is 18.5. The van der Waals surface area contributed by atoms with Gasteiger partial charge in [-0.25, -0.2) is 4.79 Å². The molecule has 0 saturated carbocycles. The first-order chi connectivity index (χ1) is 10.6. The lowest BCUT2D eigenvalue weighted by molar-refractivity contribution is -0.221. The predicted octanol–water partition coefficient (Wildman–Crippen LogP) is 1.97. The summed E-state index contributed by atoms with van der Waals surface area (Å²) in [5, 5.41) is 3.09. The fourth-order valence-electron chi connectivity index (χ4n) is 2.08. The van der Waals surface area contributed by atoms with Gasteiger partial charge < -0.3 is 24.3 Å². The summed E-state index contributed by atoms with van der Waals surface area (Å²) in [4.78, 5) is 11.5. The van der Waals surface area contributed by atoms with Crippen LogP contribution < -0.4 is 5.32 Å². The third-order valence-corrected chi connectivity index (χ3v) is 3.43. The average Bonchev–Trinajstić information content (AvgIpc) is 2.55. The zero-order chi connectivity index (χ0) is 16.4. The van der Waals surface area contributed by atoms with Crippen LogP contribution in [0.25, 0.3) is 0 Å². The van der Waals surface area contributed by atoms with Crippen LogP contribution in [-0.4, -0.2) is 46.2 Å². The lowest BCUT2D eigenvalue weighted by Gasteiger charge is -2.27. The molecule has 1 rings (SSSR count). The van der Waals surface area contributed by atoms with Gasteiger partial charge in [-0.2, -0.15) is 0 Å². The molecule has 1 aliphatic heterocycles. The summed E-state index contributed by atoms with van der Waals surface area (Å²) in [5.74, 6) is 0.695. The minimum Gasteiger partial charge on any atom is -0.499 e. The number of nitrogens with one attached hydrogen (secondary N) is 1. The summed E-state index contributed by atoms with van der Waals surface area (Å²) in [5.41, 5.74) is 0.959. The molecule has 1 saturated heterocycles. The molecule has 22 heavy (non-hydrogen) atoms. The topological polar surface area (TPSA) is 66.0 Å². The highest BCUT2D eigenvalue weighted by atomic mass is 16.7. The van der Waals surface area contributed by atoms with Crippen LogP contribution in [0.2, 0.25) is 0 Å². The largest absolute Gasteiger partial charge is 0.499 e. The molecule has 1 N–H and O–H groups in total. The van der Waals surface area contributed by atoms with E-state index in [4.69, 9.17) is 18.9 Å². The van der Waals surface area contributed by atoms with Gasteiger partial charge in [0.05, 0.1) is 32.6 Å². The Labute approximate surface area is 132 Å². The molecule has 6 nitrogen and oxygen atoms in total. The summed E-state index contributed by atoms with van der Waals surface area (Å²) >= 11 is 0. The van der Waals surface area contributed by atoms with Crippen LogP contribution in [0.15, 0.2) is 23.6 Å². The second-order valence-corrected chi connectivity index (χ2v) is 5.02. The maximum Gasteiger partial charge on any atom is 0.363 e. The summed E-state index contributed by atoms with van der Waals surface area (Å²) in [6.07, 6.45) is 5.07. The number of methoxy groups -OCH3 is 1. The van der Waals surface area contributed by atoms with Gasteiger partial charge in [0.1, 0.15) is 5.76 Å². The molecule has 0 aromatic carbocycles. The number of hydrogen-bond acceptors (Lipinski definition) is 6. The number of likely N-dealkylation sites (N-methyl/N-ethyl adjacent to an activating group) is 1. The first-order valence-corrected chi connectivity index (χ1v) is 7.61. The molecule has 0 unspecified atom stereocenters. The number of ether oxygens (including phenoxy) is 4. The second kappa shape index (κ2) is 10.2. The Bertz CT molecular complexity index is 397. The summed E-state index contributed by atoms with van der Waals surface area (Å²) < 4.78 is 20.8. The fraction of sp³-hybridized carbons (Fsp3) is 0.688. The van der Waals surface area contributed by atoms with E-state index in [1.54, 1.807) is 14.0 Å². The minimum atomic E-state index is -0.866. The molecule has 1 fully saturated rings. The smallest absolute Gasteiger partial charge is 0.363 e. The van der Waals surface area contributed by atoms with Crippen molar-refractivity contribution in [3.63, 3.8) is 0 Å². The zero-order valence-corrected chi connectivity index (χ0v) is 13.9. The number of hydrogen-bond donors (Lipinski definition) is 1. The van der Waals surface area contributed by atoms with E-state index in [1.807, 2.05) is 20.0 Å². The van der Waals surface area contributed by atoms with Gasteiger partial charge in [-0.05, 0) is 32.8 Å². The van der Waals surface area contributed by atoms with E-state index in [-0.39, 0.29) is 0 Å². The molecule has 0 aliphatic carbocycles. The van der Waals surface area contributed by atoms with Crippen LogP contribution in [0.3, 0.4) is 0 Å². The Hall–Kier alpha value is -1.53. The normalized spacial score (nSPS) is 23.1. The van der Waals surface area contributed by atoms with E-state index in [0.717, 1.165) is 24.3 Å². The third-order valence-electron chi connectivity index (χ3n) is 3.43. The van der Waals surface area contributed by atoms with Crippen molar-refractivity contribution in [2.45, 2.75) is 33.0 Å². The summed E-state index contributed by atoms with van der Waals surface area (Å²) in [6, 6.07) is 0. The maximum absolute atomic E-state index is 11.5. The van der Waals surface area contributed by atoms with Crippen LogP contribution in [0.4, 0.5) is 0 Å². The summed E-state index contributed by atoms with van der Waals surface area (Å²) in [7, 11) is 3.51. The van der Waals surface area contributed by atoms with Crippen LogP contribution in [0.5, 0.6) is 0 Å². The third kappa shape index (κ3) is 6.07. The van der Waals surface area contributed by atoms with Crippen molar-refractivity contribution in [1.29, 1.82) is 0 Å².